The van der Waals surface area contributed by atoms with Gasteiger partial charge in [-0.2, -0.15) is 11.8 Å². The molecule has 0 radical (unpaired) electrons. The molecular weight excluding hydrogens is 324 g/mol. The highest BCUT2D eigenvalue weighted by molar-refractivity contribution is 9.10. The van der Waals surface area contributed by atoms with E-state index in [2.05, 4.69) is 15.9 Å². The zero-order valence-electron chi connectivity index (χ0n) is 9.68. The molecule has 1 aromatic rings. The first-order valence-corrected chi connectivity index (χ1v) is 8.52. The molecule has 0 aliphatic carbocycles. The summed E-state index contributed by atoms with van der Waals surface area (Å²) in [6.45, 7) is 0.492. The zero-order valence-corrected chi connectivity index (χ0v) is 12.9. The largest absolute Gasteiger partial charge is 0.398 e. The van der Waals surface area contributed by atoms with Crippen molar-refractivity contribution in [3.63, 3.8) is 0 Å². The second-order valence-electron chi connectivity index (χ2n) is 3.50. The summed E-state index contributed by atoms with van der Waals surface area (Å²) in [5.74, 6) is 0.770. The van der Waals surface area contributed by atoms with Crippen LogP contribution in [-0.2, 0) is 10.0 Å². The third-order valence-electron chi connectivity index (χ3n) is 2.29. The maximum absolute atomic E-state index is 12.2. The molecule has 0 heterocycles. The fourth-order valence-electron chi connectivity index (χ4n) is 1.19. The van der Waals surface area contributed by atoms with Crippen molar-refractivity contribution in [1.82, 2.24) is 4.31 Å². The SMILES string of the molecule is CSCCN(C)S(=O)(=O)c1ccc(N)c(Br)c1. The lowest BCUT2D eigenvalue weighted by molar-refractivity contribution is 0.488. The van der Waals surface area contributed by atoms with Gasteiger partial charge in [0.15, 0.2) is 0 Å². The van der Waals surface area contributed by atoms with E-state index in [9.17, 15) is 8.42 Å². The lowest BCUT2D eigenvalue weighted by Gasteiger charge is -2.17. The summed E-state index contributed by atoms with van der Waals surface area (Å²) in [7, 11) is -1.84. The van der Waals surface area contributed by atoms with Gasteiger partial charge in [0, 0.05) is 29.5 Å². The lowest BCUT2D eigenvalue weighted by Crippen LogP contribution is -2.29. The standard InChI is InChI=1S/C10H15BrN2O2S2/c1-13(5-6-16-2)17(14,15)8-3-4-10(12)9(11)7-8/h3-4,7H,5-6,12H2,1-2H3. The smallest absolute Gasteiger partial charge is 0.242 e. The molecule has 0 saturated carbocycles. The van der Waals surface area contributed by atoms with Crippen molar-refractivity contribution >= 4 is 43.4 Å². The molecule has 0 aliphatic heterocycles. The Morgan fingerprint density at radius 3 is 2.65 bits per heavy atom. The summed E-state index contributed by atoms with van der Waals surface area (Å²) >= 11 is 4.84. The molecule has 4 nitrogen and oxygen atoms in total. The number of nitrogens with two attached hydrogens (primary N) is 1. The minimum Gasteiger partial charge on any atom is -0.398 e. The summed E-state index contributed by atoms with van der Waals surface area (Å²) in [6.07, 6.45) is 1.94. The molecule has 17 heavy (non-hydrogen) atoms. The normalized spacial score (nSPS) is 12.0. The number of nitrogen functional groups attached to an aromatic ring is 1. The molecule has 0 atom stereocenters. The van der Waals surface area contributed by atoms with Crippen LogP contribution >= 0.6 is 27.7 Å². The number of hydrogen-bond acceptors (Lipinski definition) is 4. The van der Waals surface area contributed by atoms with E-state index < -0.39 is 10.0 Å². The number of halogens is 1. The third kappa shape index (κ3) is 3.61. The van der Waals surface area contributed by atoms with Crippen LogP contribution in [-0.4, -0.2) is 38.3 Å². The van der Waals surface area contributed by atoms with Gasteiger partial charge in [0.25, 0.3) is 0 Å². The van der Waals surface area contributed by atoms with Crippen LogP contribution in [0.5, 0.6) is 0 Å². The molecular formula is C10H15BrN2O2S2. The monoisotopic (exact) mass is 338 g/mol. The van der Waals surface area contributed by atoms with Crippen LogP contribution in [0.2, 0.25) is 0 Å². The van der Waals surface area contributed by atoms with Gasteiger partial charge in [-0.3, -0.25) is 0 Å². The van der Waals surface area contributed by atoms with Crippen molar-refractivity contribution in [2.75, 3.05) is 31.3 Å². The van der Waals surface area contributed by atoms with Crippen molar-refractivity contribution < 1.29 is 8.42 Å². The minimum atomic E-state index is -3.42. The van der Waals surface area contributed by atoms with Gasteiger partial charge in [0.2, 0.25) is 10.0 Å². The molecule has 2 N–H and O–H groups in total. The van der Waals surface area contributed by atoms with E-state index in [1.165, 1.54) is 16.4 Å². The van der Waals surface area contributed by atoms with Gasteiger partial charge in [-0.05, 0) is 40.4 Å². The summed E-state index contributed by atoms with van der Waals surface area (Å²) in [5.41, 5.74) is 6.15. The van der Waals surface area contributed by atoms with E-state index in [1.807, 2.05) is 6.26 Å². The van der Waals surface area contributed by atoms with Crippen LogP contribution in [0.15, 0.2) is 27.6 Å². The van der Waals surface area contributed by atoms with Gasteiger partial charge in [0.05, 0.1) is 4.90 Å². The van der Waals surface area contributed by atoms with E-state index in [0.717, 1.165) is 5.75 Å². The highest BCUT2D eigenvalue weighted by Gasteiger charge is 2.20. The Morgan fingerprint density at radius 1 is 1.47 bits per heavy atom. The number of nitrogens with zero attached hydrogens (tertiary/aromatic N) is 1. The van der Waals surface area contributed by atoms with Crippen molar-refractivity contribution in [3.05, 3.63) is 22.7 Å². The lowest BCUT2D eigenvalue weighted by atomic mass is 10.3. The fraction of sp³-hybridized carbons (Fsp3) is 0.400. The molecule has 96 valence electrons. The van der Waals surface area contributed by atoms with Crippen LogP contribution in [0.3, 0.4) is 0 Å². The molecule has 0 bridgehead atoms. The highest BCUT2D eigenvalue weighted by atomic mass is 79.9. The van der Waals surface area contributed by atoms with Crippen LogP contribution < -0.4 is 5.73 Å². The topological polar surface area (TPSA) is 63.4 Å². The summed E-state index contributed by atoms with van der Waals surface area (Å²) < 4.78 is 26.3. The maximum Gasteiger partial charge on any atom is 0.242 e. The summed E-state index contributed by atoms with van der Waals surface area (Å²) in [5, 5.41) is 0. The Kier molecular flexibility index (Phi) is 5.30. The maximum atomic E-state index is 12.2. The molecule has 1 rings (SSSR count). The molecule has 0 unspecified atom stereocenters. The van der Waals surface area contributed by atoms with Crippen molar-refractivity contribution in [1.29, 1.82) is 0 Å². The molecule has 0 amide bonds. The predicted octanol–water partition coefficient (Wildman–Crippen LogP) is 2.01. The number of rotatable bonds is 5. The Balaban J connectivity index is 3.00. The first-order chi connectivity index (χ1) is 7.89. The number of hydrogen-bond donors (Lipinski definition) is 1. The quantitative estimate of drug-likeness (QED) is 0.834. The van der Waals surface area contributed by atoms with E-state index >= 15 is 0 Å². The average molecular weight is 339 g/mol. The fourth-order valence-corrected chi connectivity index (χ4v) is 3.49. The highest BCUT2D eigenvalue weighted by Crippen LogP contribution is 2.24. The minimum absolute atomic E-state index is 0.252. The Morgan fingerprint density at radius 2 is 2.12 bits per heavy atom. The zero-order chi connectivity index (χ0) is 13.1. The number of sulfonamides is 1. The van der Waals surface area contributed by atoms with E-state index in [1.54, 1.807) is 24.9 Å². The Bertz CT molecular complexity index is 491. The molecule has 0 aromatic heterocycles. The molecule has 7 heteroatoms. The van der Waals surface area contributed by atoms with Gasteiger partial charge >= 0.3 is 0 Å². The van der Waals surface area contributed by atoms with E-state index in [0.29, 0.717) is 16.7 Å². The summed E-state index contributed by atoms with van der Waals surface area (Å²) in [6, 6.07) is 4.63. The van der Waals surface area contributed by atoms with Crippen LogP contribution in [0.4, 0.5) is 5.69 Å². The van der Waals surface area contributed by atoms with E-state index in [4.69, 9.17) is 5.73 Å². The second-order valence-corrected chi connectivity index (χ2v) is 7.39. The number of benzene rings is 1. The second kappa shape index (κ2) is 6.08. The van der Waals surface area contributed by atoms with Crippen molar-refractivity contribution in [3.8, 4) is 0 Å². The van der Waals surface area contributed by atoms with Crippen LogP contribution in [0.25, 0.3) is 0 Å². The van der Waals surface area contributed by atoms with Crippen molar-refractivity contribution in [2.45, 2.75) is 4.90 Å². The van der Waals surface area contributed by atoms with Crippen LogP contribution in [0, 0.1) is 0 Å². The first-order valence-electron chi connectivity index (χ1n) is 4.90. The van der Waals surface area contributed by atoms with Gasteiger partial charge in [-0.1, -0.05) is 0 Å². The third-order valence-corrected chi connectivity index (χ3v) is 5.42. The summed E-state index contributed by atoms with van der Waals surface area (Å²) in [4.78, 5) is 0.252. The van der Waals surface area contributed by atoms with Crippen LogP contribution in [0.1, 0.15) is 0 Å². The molecule has 0 saturated heterocycles. The van der Waals surface area contributed by atoms with E-state index in [-0.39, 0.29) is 4.90 Å². The first kappa shape index (κ1) is 14.8. The molecule has 0 aliphatic rings. The van der Waals surface area contributed by atoms with Gasteiger partial charge in [-0.25, -0.2) is 12.7 Å². The number of anilines is 1. The van der Waals surface area contributed by atoms with Crippen molar-refractivity contribution in [2.24, 2.45) is 0 Å². The van der Waals surface area contributed by atoms with Gasteiger partial charge in [0.1, 0.15) is 0 Å². The van der Waals surface area contributed by atoms with Gasteiger partial charge in [-0.15, -0.1) is 0 Å². The molecule has 0 fully saturated rings. The number of thioether (sulfide) groups is 1. The van der Waals surface area contributed by atoms with Gasteiger partial charge < -0.3 is 5.73 Å². The molecule has 1 aromatic carbocycles. The Hall–Kier alpha value is -0.240. The average Bonchev–Trinajstić information content (AvgIpc) is 2.29. The Labute approximate surface area is 115 Å². The molecule has 0 spiro atoms. The predicted molar refractivity (Wildman–Crippen MR) is 76.8 cm³/mol.